The number of fused-ring (bicyclic) bond motifs is 1. The number of hydrogen-bond donors (Lipinski definition) is 1. The van der Waals surface area contributed by atoms with Gasteiger partial charge >= 0.3 is 0 Å². The minimum absolute atomic E-state index is 0.0198. The summed E-state index contributed by atoms with van der Waals surface area (Å²) in [6, 6.07) is 0. The molecule has 0 amide bonds. The smallest absolute Gasteiger partial charge is 0.205 e. The van der Waals surface area contributed by atoms with Gasteiger partial charge in [0.15, 0.2) is 11.4 Å². The SMILES string of the molecule is CC(C)[C@H]1CC2=CC(=O)[C@](C)(O)C(=O)C2=CO1. The zero-order valence-electron chi connectivity index (χ0n) is 10.2. The van der Waals surface area contributed by atoms with E-state index in [1.54, 1.807) is 0 Å². The summed E-state index contributed by atoms with van der Waals surface area (Å²) in [7, 11) is 0. The van der Waals surface area contributed by atoms with Gasteiger partial charge in [-0.3, -0.25) is 9.59 Å². The van der Waals surface area contributed by atoms with Gasteiger partial charge in [-0.05, 0) is 24.5 Å². The molecule has 92 valence electrons. The molecule has 0 fully saturated rings. The number of ketones is 2. The van der Waals surface area contributed by atoms with E-state index >= 15 is 0 Å². The van der Waals surface area contributed by atoms with Crippen LogP contribution in [0, 0.1) is 5.92 Å². The normalized spacial score (nSPS) is 32.9. The Morgan fingerprint density at radius 3 is 2.71 bits per heavy atom. The molecule has 0 aromatic rings. The van der Waals surface area contributed by atoms with Gasteiger partial charge in [-0.25, -0.2) is 0 Å². The highest BCUT2D eigenvalue weighted by Crippen LogP contribution is 2.34. The molecule has 0 saturated heterocycles. The number of Topliss-reactive ketones (excluding diaryl/α,β-unsaturated/α-hetero) is 1. The Labute approximate surface area is 100.0 Å². The van der Waals surface area contributed by atoms with Gasteiger partial charge in [0, 0.05) is 6.42 Å². The first kappa shape index (κ1) is 12.0. The van der Waals surface area contributed by atoms with E-state index in [4.69, 9.17) is 4.74 Å². The van der Waals surface area contributed by atoms with Crippen LogP contribution in [0.15, 0.2) is 23.5 Å². The van der Waals surface area contributed by atoms with Crippen molar-refractivity contribution in [3.05, 3.63) is 23.5 Å². The number of carbonyl (C=O) groups excluding carboxylic acids is 2. The van der Waals surface area contributed by atoms with E-state index in [0.717, 1.165) is 0 Å². The van der Waals surface area contributed by atoms with Crippen LogP contribution in [-0.4, -0.2) is 28.4 Å². The molecule has 2 rings (SSSR count). The van der Waals surface area contributed by atoms with Crippen LogP contribution in [0.5, 0.6) is 0 Å². The number of carbonyl (C=O) groups is 2. The second-order valence-electron chi connectivity index (χ2n) is 5.09. The van der Waals surface area contributed by atoms with Gasteiger partial charge in [-0.1, -0.05) is 13.8 Å². The highest BCUT2D eigenvalue weighted by atomic mass is 16.5. The van der Waals surface area contributed by atoms with E-state index in [-0.39, 0.29) is 6.10 Å². The fourth-order valence-corrected chi connectivity index (χ4v) is 2.01. The minimum atomic E-state index is -1.94. The lowest BCUT2D eigenvalue weighted by Gasteiger charge is -2.33. The molecule has 2 atom stereocenters. The second-order valence-corrected chi connectivity index (χ2v) is 5.09. The number of rotatable bonds is 1. The fourth-order valence-electron chi connectivity index (χ4n) is 2.01. The van der Waals surface area contributed by atoms with Crippen molar-refractivity contribution in [3.63, 3.8) is 0 Å². The maximum Gasteiger partial charge on any atom is 0.205 e. The quantitative estimate of drug-likeness (QED) is 0.693. The molecule has 1 heterocycles. The zero-order valence-corrected chi connectivity index (χ0v) is 10.2. The van der Waals surface area contributed by atoms with E-state index in [2.05, 4.69) is 0 Å². The van der Waals surface area contributed by atoms with E-state index in [9.17, 15) is 14.7 Å². The average molecular weight is 236 g/mol. The third kappa shape index (κ3) is 1.82. The van der Waals surface area contributed by atoms with Crippen LogP contribution < -0.4 is 0 Å². The van der Waals surface area contributed by atoms with E-state index in [1.165, 1.54) is 19.3 Å². The highest BCUT2D eigenvalue weighted by Gasteiger charge is 2.45. The van der Waals surface area contributed by atoms with Crippen molar-refractivity contribution in [3.8, 4) is 0 Å². The van der Waals surface area contributed by atoms with Crippen LogP contribution in [-0.2, 0) is 14.3 Å². The monoisotopic (exact) mass is 236 g/mol. The van der Waals surface area contributed by atoms with Crippen molar-refractivity contribution in [1.29, 1.82) is 0 Å². The summed E-state index contributed by atoms with van der Waals surface area (Å²) in [5, 5.41) is 9.79. The highest BCUT2D eigenvalue weighted by molar-refractivity contribution is 6.25. The van der Waals surface area contributed by atoms with Crippen molar-refractivity contribution >= 4 is 11.6 Å². The molecule has 0 spiro atoms. The van der Waals surface area contributed by atoms with Gasteiger partial charge in [0.25, 0.3) is 0 Å². The van der Waals surface area contributed by atoms with E-state index in [1.807, 2.05) is 13.8 Å². The molecule has 1 N–H and O–H groups in total. The van der Waals surface area contributed by atoms with Gasteiger partial charge in [-0.2, -0.15) is 0 Å². The standard InChI is InChI=1S/C13H16O4/c1-7(2)10-4-8-5-11(14)13(3,16)12(15)9(8)6-17-10/h5-7,10,16H,4H2,1-3H3/t10-,13+/m1/s1. The van der Waals surface area contributed by atoms with Crippen molar-refractivity contribution < 1.29 is 19.4 Å². The van der Waals surface area contributed by atoms with Gasteiger partial charge in [-0.15, -0.1) is 0 Å². The summed E-state index contributed by atoms with van der Waals surface area (Å²) in [6.45, 7) is 5.26. The Kier molecular flexibility index (Phi) is 2.70. The number of hydrogen-bond acceptors (Lipinski definition) is 4. The lowest BCUT2D eigenvalue weighted by molar-refractivity contribution is -0.144. The lowest BCUT2D eigenvalue weighted by atomic mass is 9.78. The number of ether oxygens (including phenoxy) is 1. The molecule has 4 heteroatoms. The Hall–Kier alpha value is -1.42. The molecule has 0 saturated carbocycles. The molecule has 0 radical (unpaired) electrons. The van der Waals surface area contributed by atoms with Gasteiger partial charge in [0.1, 0.15) is 6.10 Å². The lowest BCUT2D eigenvalue weighted by Crippen LogP contribution is -2.47. The molecule has 0 aromatic heterocycles. The van der Waals surface area contributed by atoms with Gasteiger partial charge in [0.05, 0.1) is 11.8 Å². The van der Waals surface area contributed by atoms with Crippen LogP contribution >= 0.6 is 0 Å². The molecule has 0 unspecified atom stereocenters. The Morgan fingerprint density at radius 2 is 2.12 bits per heavy atom. The molecular weight excluding hydrogens is 220 g/mol. The second kappa shape index (κ2) is 3.81. The molecule has 1 aliphatic heterocycles. The molecular formula is C13H16O4. The van der Waals surface area contributed by atoms with E-state index < -0.39 is 17.2 Å². The van der Waals surface area contributed by atoms with Gasteiger partial charge < -0.3 is 9.84 Å². The summed E-state index contributed by atoms with van der Waals surface area (Å²) in [4.78, 5) is 23.6. The minimum Gasteiger partial charge on any atom is -0.497 e. The Bertz CT molecular complexity index is 440. The largest absolute Gasteiger partial charge is 0.497 e. The van der Waals surface area contributed by atoms with E-state index in [0.29, 0.717) is 23.5 Å². The van der Waals surface area contributed by atoms with Crippen LogP contribution in [0.3, 0.4) is 0 Å². The third-order valence-electron chi connectivity index (χ3n) is 3.34. The first-order valence-electron chi connectivity index (χ1n) is 5.72. The first-order valence-corrected chi connectivity index (χ1v) is 5.72. The van der Waals surface area contributed by atoms with Gasteiger partial charge in [0.2, 0.25) is 5.78 Å². The molecule has 0 aromatic carbocycles. The molecule has 0 bridgehead atoms. The van der Waals surface area contributed by atoms with Crippen molar-refractivity contribution in [2.75, 3.05) is 0 Å². The van der Waals surface area contributed by atoms with Crippen molar-refractivity contribution in [1.82, 2.24) is 0 Å². The summed E-state index contributed by atoms with van der Waals surface area (Å²) in [5.41, 5.74) is -0.938. The maximum absolute atomic E-state index is 11.9. The Balaban J connectivity index is 2.39. The maximum atomic E-state index is 11.9. The third-order valence-corrected chi connectivity index (χ3v) is 3.34. The topological polar surface area (TPSA) is 63.6 Å². The first-order chi connectivity index (χ1) is 7.84. The molecule has 17 heavy (non-hydrogen) atoms. The molecule has 1 aliphatic carbocycles. The van der Waals surface area contributed by atoms with Crippen LogP contribution in [0.25, 0.3) is 0 Å². The predicted octanol–water partition coefficient (Wildman–Crippen LogP) is 1.14. The fraction of sp³-hybridized carbons (Fsp3) is 0.538. The average Bonchev–Trinajstić information content (AvgIpc) is 2.26. The molecule has 4 nitrogen and oxygen atoms in total. The van der Waals surface area contributed by atoms with Crippen LogP contribution in [0.2, 0.25) is 0 Å². The molecule has 2 aliphatic rings. The zero-order chi connectivity index (χ0) is 12.8. The van der Waals surface area contributed by atoms with Crippen LogP contribution in [0.1, 0.15) is 27.2 Å². The summed E-state index contributed by atoms with van der Waals surface area (Å²) < 4.78 is 5.46. The van der Waals surface area contributed by atoms with Crippen molar-refractivity contribution in [2.45, 2.75) is 38.9 Å². The number of aliphatic hydroxyl groups is 1. The summed E-state index contributed by atoms with van der Waals surface area (Å²) >= 11 is 0. The summed E-state index contributed by atoms with van der Waals surface area (Å²) in [6.07, 6.45) is 3.26. The predicted molar refractivity (Wildman–Crippen MR) is 61.1 cm³/mol. The van der Waals surface area contributed by atoms with Crippen molar-refractivity contribution in [2.24, 2.45) is 5.92 Å². The summed E-state index contributed by atoms with van der Waals surface area (Å²) in [5.74, 6) is -0.803. The van der Waals surface area contributed by atoms with Crippen LogP contribution in [0.4, 0.5) is 0 Å². The Morgan fingerprint density at radius 1 is 1.47 bits per heavy atom.